The molecule has 1 atom stereocenters. The molecule has 0 aliphatic rings. The van der Waals surface area contributed by atoms with E-state index in [1.807, 2.05) is 0 Å². The number of rotatable bonds is 6. The molecule has 0 spiro atoms. The lowest BCUT2D eigenvalue weighted by atomic mass is 10.00. The lowest BCUT2D eigenvalue weighted by molar-refractivity contribution is -0.0584. The van der Waals surface area contributed by atoms with Crippen LogP contribution in [0.15, 0.2) is 65.6 Å². The predicted molar refractivity (Wildman–Crippen MR) is 105 cm³/mol. The summed E-state index contributed by atoms with van der Waals surface area (Å²) in [6.07, 6.45) is 1.13. The number of nitrogens with zero attached hydrogens (tertiary/aromatic N) is 1. The Morgan fingerprint density at radius 3 is 2.48 bits per heavy atom. The minimum atomic E-state index is -3.78. The molecule has 0 bridgehead atoms. The molecule has 3 rings (SSSR count). The second-order valence-corrected chi connectivity index (χ2v) is 6.84. The van der Waals surface area contributed by atoms with Crippen molar-refractivity contribution in [3.63, 3.8) is 0 Å². The summed E-state index contributed by atoms with van der Waals surface area (Å²) in [6.45, 7) is -0.171. The normalized spacial score (nSPS) is 12.5. The summed E-state index contributed by atoms with van der Waals surface area (Å²) in [5.41, 5.74) is -1.84. The number of pyridine rings is 1. The van der Waals surface area contributed by atoms with Gasteiger partial charge in [-0.2, -0.15) is 8.78 Å². The average molecular weight is 434 g/mol. The molecule has 0 saturated carbocycles. The van der Waals surface area contributed by atoms with Crippen LogP contribution in [0.3, 0.4) is 0 Å². The number of halogens is 4. The van der Waals surface area contributed by atoms with Crippen LogP contribution in [-0.4, -0.2) is 22.2 Å². The van der Waals surface area contributed by atoms with E-state index in [1.54, 1.807) is 0 Å². The van der Waals surface area contributed by atoms with Crippen LogP contribution in [0, 0.1) is 11.6 Å². The second kappa shape index (κ2) is 8.73. The van der Waals surface area contributed by atoms with Crippen LogP contribution >= 0.6 is 0 Å². The minimum Gasteiger partial charge on any atom is -0.390 e. The Bertz CT molecular complexity index is 1180. The van der Waals surface area contributed by atoms with E-state index in [1.165, 1.54) is 43.3 Å². The van der Waals surface area contributed by atoms with Gasteiger partial charge in [-0.1, -0.05) is 24.3 Å². The van der Waals surface area contributed by atoms with Gasteiger partial charge in [-0.05, 0) is 31.2 Å². The highest BCUT2D eigenvalue weighted by molar-refractivity contribution is 5.94. The van der Waals surface area contributed by atoms with Gasteiger partial charge in [0.25, 0.3) is 17.4 Å². The molecule has 0 fully saturated rings. The fraction of sp³-hybridized carbons (Fsp3) is 0.182. The topological polar surface area (TPSA) is 71.3 Å². The molecular formula is C22H18F4N2O3. The Morgan fingerprint density at radius 2 is 1.81 bits per heavy atom. The molecule has 0 aliphatic carbocycles. The van der Waals surface area contributed by atoms with E-state index < -0.39 is 47.2 Å². The van der Waals surface area contributed by atoms with E-state index in [4.69, 9.17) is 5.11 Å². The summed E-state index contributed by atoms with van der Waals surface area (Å²) in [5.74, 6) is -6.42. The first kappa shape index (κ1) is 22.2. The van der Waals surface area contributed by atoms with Crippen LogP contribution in [0.2, 0.25) is 0 Å². The molecular weight excluding hydrogens is 416 g/mol. The van der Waals surface area contributed by atoms with Gasteiger partial charge in [-0.25, -0.2) is 8.78 Å². The third kappa shape index (κ3) is 4.51. The Kier molecular flexibility index (Phi) is 6.26. The Labute approximate surface area is 174 Å². The zero-order valence-corrected chi connectivity index (χ0v) is 16.3. The summed E-state index contributed by atoms with van der Waals surface area (Å²) in [5, 5.41) is 11.3. The average Bonchev–Trinajstić information content (AvgIpc) is 2.74. The number of aliphatic hydroxyl groups is 1. The van der Waals surface area contributed by atoms with Gasteiger partial charge in [0.1, 0.15) is 18.2 Å². The fourth-order valence-electron chi connectivity index (χ4n) is 3.07. The van der Waals surface area contributed by atoms with Crippen LogP contribution < -0.4 is 10.9 Å². The summed E-state index contributed by atoms with van der Waals surface area (Å²) >= 11 is 0. The number of para-hydroxylation sites is 1. The first-order valence-corrected chi connectivity index (χ1v) is 9.21. The smallest absolute Gasteiger partial charge is 0.298 e. The number of hydrogen-bond donors (Lipinski definition) is 2. The van der Waals surface area contributed by atoms with Crippen LogP contribution in [0.1, 0.15) is 34.5 Å². The number of benzene rings is 2. The maximum Gasteiger partial charge on any atom is 0.298 e. The fourth-order valence-corrected chi connectivity index (χ4v) is 3.07. The van der Waals surface area contributed by atoms with Crippen molar-refractivity contribution in [1.29, 1.82) is 0 Å². The Balaban J connectivity index is 1.89. The van der Waals surface area contributed by atoms with Crippen LogP contribution in [-0.2, 0) is 5.92 Å². The molecule has 3 aromatic rings. The second-order valence-electron chi connectivity index (χ2n) is 6.84. The first-order valence-electron chi connectivity index (χ1n) is 9.21. The number of aromatic nitrogens is 1. The summed E-state index contributed by atoms with van der Waals surface area (Å²) in [6, 6.07) is 10.1. The monoisotopic (exact) mass is 434 g/mol. The van der Waals surface area contributed by atoms with E-state index in [0.717, 1.165) is 29.0 Å². The van der Waals surface area contributed by atoms with Crippen molar-refractivity contribution in [3.8, 4) is 5.69 Å². The minimum absolute atomic E-state index is 0.0213. The maximum atomic E-state index is 14.6. The highest BCUT2D eigenvalue weighted by Gasteiger charge is 2.35. The third-order valence-electron chi connectivity index (χ3n) is 4.72. The van der Waals surface area contributed by atoms with Crippen molar-refractivity contribution in [2.75, 3.05) is 6.61 Å². The maximum absolute atomic E-state index is 14.6. The molecule has 0 unspecified atom stereocenters. The number of nitrogens with one attached hydrogen (secondary N) is 1. The molecule has 0 aliphatic heterocycles. The molecule has 5 nitrogen and oxygen atoms in total. The van der Waals surface area contributed by atoms with Gasteiger partial charge < -0.3 is 10.4 Å². The van der Waals surface area contributed by atoms with E-state index in [0.29, 0.717) is 0 Å². The van der Waals surface area contributed by atoms with Gasteiger partial charge in [0, 0.05) is 17.8 Å². The van der Waals surface area contributed by atoms with Crippen LogP contribution in [0.4, 0.5) is 17.6 Å². The number of hydrogen-bond acceptors (Lipinski definition) is 3. The van der Waals surface area contributed by atoms with Crippen molar-refractivity contribution in [1.82, 2.24) is 9.88 Å². The van der Waals surface area contributed by atoms with E-state index in [9.17, 15) is 27.2 Å². The number of carbonyl (C=O) groups excluding carboxylic acids is 1. The molecule has 1 amide bonds. The lowest BCUT2D eigenvalue weighted by Crippen LogP contribution is -2.30. The number of amides is 1. The quantitative estimate of drug-likeness (QED) is 0.582. The summed E-state index contributed by atoms with van der Waals surface area (Å²) in [4.78, 5) is 24.7. The Morgan fingerprint density at radius 1 is 1.10 bits per heavy atom. The Hall–Kier alpha value is -3.46. The van der Waals surface area contributed by atoms with E-state index in [2.05, 4.69) is 5.32 Å². The molecule has 1 aromatic heterocycles. The zero-order valence-electron chi connectivity index (χ0n) is 16.3. The van der Waals surface area contributed by atoms with Crippen molar-refractivity contribution < 1.29 is 27.5 Å². The summed E-state index contributed by atoms with van der Waals surface area (Å²) in [7, 11) is 0. The first-order chi connectivity index (χ1) is 14.7. The van der Waals surface area contributed by atoms with Crippen molar-refractivity contribution in [2.24, 2.45) is 0 Å². The molecule has 1 heterocycles. The van der Waals surface area contributed by atoms with Gasteiger partial charge in [0.15, 0.2) is 0 Å². The molecule has 31 heavy (non-hydrogen) atoms. The van der Waals surface area contributed by atoms with Crippen molar-refractivity contribution in [2.45, 2.75) is 18.9 Å². The van der Waals surface area contributed by atoms with Gasteiger partial charge >= 0.3 is 0 Å². The lowest BCUT2D eigenvalue weighted by Gasteiger charge is -2.20. The van der Waals surface area contributed by atoms with Crippen molar-refractivity contribution in [3.05, 3.63) is 99.5 Å². The molecule has 0 radical (unpaired) electrons. The number of aliphatic hydroxyl groups excluding tert-OH is 1. The van der Waals surface area contributed by atoms with Gasteiger partial charge in [-0.3, -0.25) is 14.2 Å². The molecule has 2 N–H and O–H groups in total. The zero-order chi connectivity index (χ0) is 22.8. The predicted octanol–water partition coefficient (Wildman–Crippen LogP) is 3.69. The highest BCUT2D eigenvalue weighted by atomic mass is 19.3. The molecule has 162 valence electrons. The SMILES string of the molecule is C[C@@H](NC(=O)c1ccc(=O)n(-c2ccccc2F)c1)c1cccc(C(F)(F)CO)c1F. The third-order valence-corrected chi connectivity index (χ3v) is 4.72. The number of alkyl halides is 2. The summed E-state index contributed by atoms with van der Waals surface area (Å²) < 4.78 is 57.1. The molecule has 0 saturated heterocycles. The van der Waals surface area contributed by atoms with Crippen molar-refractivity contribution >= 4 is 5.91 Å². The standard InChI is InChI=1S/C22H18F4N2O3/c1-13(15-5-4-6-16(20(15)24)22(25,26)12-29)27-21(31)14-9-10-19(30)28(11-14)18-8-3-2-7-17(18)23/h2-11,13,29H,12H2,1H3,(H,27,31)/t13-/m1/s1. The van der Waals surface area contributed by atoms with E-state index in [-0.39, 0.29) is 16.8 Å². The van der Waals surface area contributed by atoms with Gasteiger partial charge in [0.05, 0.1) is 22.9 Å². The van der Waals surface area contributed by atoms with Gasteiger partial charge in [-0.15, -0.1) is 0 Å². The van der Waals surface area contributed by atoms with Gasteiger partial charge in [0.2, 0.25) is 0 Å². The van der Waals surface area contributed by atoms with Crippen LogP contribution in [0.25, 0.3) is 5.69 Å². The van der Waals surface area contributed by atoms with E-state index >= 15 is 0 Å². The molecule has 9 heteroatoms. The largest absolute Gasteiger partial charge is 0.390 e. The molecule has 2 aromatic carbocycles. The van der Waals surface area contributed by atoms with Crippen LogP contribution in [0.5, 0.6) is 0 Å². The number of carbonyl (C=O) groups is 1. The highest BCUT2D eigenvalue weighted by Crippen LogP contribution is 2.32.